The van der Waals surface area contributed by atoms with Gasteiger partial charge in [-0.15, -0.1) is 0 Å². The van der Waals surface area contributed by atoms with Gasteiger partial charge in [-0.2, -0.15) is 0 Å². The lowest BCUT2D eigenvalue weighted by Crippen LogP contribution is -2.35. The minimum absolute atomic E-state index is 0.0506. The van der Waals surface area contributed by atoms with E-state index in [0.717, 1.165) is 78.4 Å². The Balaban J connectivity index is 4.16. The highest BCUT2D eigenvalue weighted by Gasteiger charge is 2.07. The Morgan fingerprint density at radius 3 is 1.08 bits per heavy atom. The van der Waals surface area contributed by atoms with Crippen molar-refractivity contribution in [2.24, 2.45) is 5.73 Å². The summed E-state index contributed by atoms with van der Waals surface area (Å²) < 4.78 is 12.1. The standard InChI is InChI=1S/C51H103N7O2/c1-4-6-8-10-12-14-16-18-20-22-24-26-28-30-32-34-40-57(42-36-38-55-50(3)52)44-46-59-48-49-60-47-45-58(43-37-39-56-51(53)54)41-35-33-31-29-27-25-23-21-19-17-15-13-11-9-7-5-2/h18-21H,4-17,22-49H2,1-3H3,(H2,52,55)(H4,53,54,56)/b20-18-,21-19+. The van der Waals surface area contributed by atoms with Gasteiger partial charge in [-0.3, -0.25) is 10.8 Å². The molecule has 0 aromatic carbocycles. The van der Waals surface area contributed by atoms with Crippen LogP contribution >= 0.6 is 0 Å². The highest BCUT2D eigenvalue weighted by atomic mass is 16.5. The monoisotopic (exact) mass is 846 g/mol. The van der Waals surface area contributed by atoms with E-state index in [1.807, 2.05) is 6.92 Å². The van der Waals surface area contributed by atoms with E-state index in [1.54, 1.807) is 0 Å². The summed E-state index contributed by atoms with van der Waals surface area (Å²) in [6.07, 6.45) is 49.1. The SMILES string of the molecule is CCCCCCCC/C=C\CCCCCCCCN(CCCNC(C)=N)CCOCCOCCN(CCCCCCCC/C=C/CCCCCCCC)CCCNC(=N)N. The number of amidine groups is 1. The minimum atomic E-state index is 0.0506. The van der Waals surface area contributed by atoms with Crippen molar-refractivity contribution in [3.63, 3.8) is 0 Å². The molecular formula is C51H103N7O2. The van der Waals surface area contributed by atoms with Gasteiger partial charge in [0.25, 0.3) is 0 Å². The predicted molar refractivity (Wildman–Crippen MR) is 264 cm³/mol. The summed E-state index contributed by atoms with van der Waals surface area (Å²) in [6, 6.07) is 0. The fraction of sp³-hybridized carbons (Fsp3) is 0.882. The highest BCUT2D eigenvalue weighted by molar-refractivity contribution is 5.75. The van der Waals surface area contributed by atoms with E-state index in [4.69, 9.17) is 26.0 Å². The van der Waals surface area contributed by atoms with Gasteiger partial charge in [-0.25, -0.2) is 0 Å². The summed E-state index contributed by atoms with van der Waals surface area (Å²) in [5.41, 5.74) is 5.49. The number of unbranched alkanes of at least 4 members (excludes halogenated alkanes) is 24. The zero-order valence-corrected chi connectivity index (χ0v) is 40.3. The lowest BCUT2D eigenvalue weighted by Gasteiger charge is -2.23. The summed E-state index contributed by atoms with van der Waals surface area (Å²) in [5.74, 6) is 0.597. The first kappa shape index (κ1) is 58.1. The van der Waals surface area contributed by atoms with Crippen molar-refractivity contribution < 1.29 is 9.47 Å². The number of ether oxygens (including phenoxy) is 2. The van der Waals surface area contributed by atoms with Gasteiger partial charge in [-0.05, 0) is 110 Å². The van der Waals surface area contributed by atoms with Crippen LogP contribution in [0.4, 0.5) is 0 Å². The topological polar surface area (TPSA) is 123 Å². The molecule has 9 nitrogen and oxygen atoms in total. The van der Waals surface area contributed by atoms with Gasteiger partial charge in [-0.1, -0.05) is 154 Å². The number of allylic oxidation sites excluding steroid dienone is 4. The van der Waals surface area contributed by atoms with Gasteiger partial charge in [0, 0.05) is 26.2 Å². The zero-order chi connectivity index (χ0) is 43.7. The number of nitrogens with one attached hydrogen (secondary N) is 4. The molecule has 0 aromatic heterocycles. The molecule has 0 amide bonds. The molecule has 354 valence electrons. The van der Waals surface area contributed by atoms with E-state index < -0.39 is 0 Å². The van der Waals surface area contributed by atoms with Gasteiger partial charge in [0.2, 0.25) is 0 Å². The second kappa shape index (κ2) is 49.7. The van der Waals surface area contributed by atoms with Crippen LogP contribution < -0.4 is 16.4 Å². The second-order valence-electron chi connectivity index (χ2n) is 17.4. The van der Waals surface area contributed by atoms with Crippen LogP contribution in [-0.2, 0) is 9.47 Å². The third-order valence-corrected chi connectivity index (χ3v) is 11.5. The van der Waals surface area contributed by atoms with Crippen molar-refractivity contribution >= 4 is 11.8 Å². The van der Waals surface area contributed by atoms with Crippen molar-refractivity contribution in [3.05, 3.63) is 24.3 Å². The molecule has 60 heavy (non-hydrogen) atoms. The second-order valence-corrected chi connectivity index (χ2v) is 17.4. The van der Waals surface area contributed by atoms with Gasteiger partial charge < -0.3 is 35.6 Å². The zero-order valence-electron chi connectivity index (χ0n) is 40.3. The molecule has 0 heterocycles. The van der Waals surface area contributed by atoms with Crippen molar-refractivity contribution in [1.82, 2.24) is 20.4 Å². The van der Waals surface area contributed by atoms with Crippen LogP contribution in [0.1, 0.15) is 213 Å². The molecule has 0 aliphatic carbocycles. The van der Waals surface area contributed by atoms with E-state index in [-0.39, 0.29) is 5.96 Å². The summed E-state index contributed by atoms with van der Waals surface area (Å²) in [4.78, 5) is 5.06. The maximum Gasteiger partial charge on any atom is 0.185 e. The van der Waals surface area contributed by atoms with Crippen LogP contribution in [0.25, 0.3) is 0 Å². The van der Waals surface area contributed by atoms with Crippen LogP contribution in [-0.4, -0.2) is 100 Å². The fourth-order valence-electron chi connectivity index (χ4n) is 7.65. The molecule has 0 saturated carbocycles. The minimum Gasteiger partial charge on any atom is -0.378 e. The molecule has 0 aliphatic rings. The normalized spacial score (nSPS) is 11.9. The molecule has 0 aliphatic heterocycles. The van der Waals surface area contributed by atoms with Crippen molar-refractivity contribution in [2.75, 3.05) is 78.8 Å². The Labute approximate surface area is 373 Å². The third kappa shape index (κ3) is 48.7. The maximum absolute atomic E-state index is 7.66. The lowest BCUT2D eigenvalue weighted by molar-refractivity contribution is 0.0307. The molecule has 9 heteroatoms. The number of hydrogen-bond donors (Lipinski definition) is 5. The molecule has 0 unspecified atom stereocenters. The molecule has 0 bridgehead atoms. The molecular weight excluding hydrogens is 743 g/mol. The summed E-state index contributed by atoms with van der Waals surface area (Å²) >= 11 is 0. The predicted octanol–water partition coefficient (Wildman–Crippen LogP) is 12.5. The van der Waals surface area contributed by atoms with Crippen LogP contribution in [0.15, 0.2) is 24.3 Å². The maximum atomic E-state index is 7.66. The summed E-state index contributed by atoms with van der Waals surface area (Å²) in [6.45, 7) is 16.8. The van der Waals surface area contributed by atoms with Crippen LogP contribution in [0, 0.1) is 10.8 Å². The Morgan fingerprint density at radius 1 is 0.417 bits per heavy atom. The van der Waals surface area contributed by atoms with E-state index in [2.05, 4.69) is 58.6 Å². The fourth-order valence-corrected chi connectivity index (χ4v) is 7.65. The first-order valence-corrected chi connectivity index (χ1v) is 25.8. The van der Waals surface area contributed by atoms with Gasteiger partial charge in [0.05, 0.1) is 32.3 Å². The smallest absolute Gasteiger partial charge is 0.185 e. The summed E-state index contributed by atoms with van der Waals surface area (Å²) in [5, 5.41) is 21.2. The molecule has 0 spiro atoms. The lowest BCUT2D eigenvalue weighted by atomic mass is 10.1. The number of nitrogens with zero attached hydrogens (tertiary/aromatic N) is 2. The Morgan fingerprint density at radius 2 is 0.733 bits per heavy atom. The van der Waals surface area contributed by atoms with Crippen molar-refractivity contribution in [2.45, 2.75) is 213 Å². The summed E-state index contributed by atoms with van der Waals surface area (Å²) in [7, 11) is 0. The largest absolute Gasteiger partial charge is 0.378 e. The van der Waals surface area contributed by atoms with Crippen molar-refractivity contribution in [1.29, 1.82) is 10.8 Å². The van der Waals surface area contributed by atoms with E-state index in [0.29, 0.717) is 19.0 Å². The third-order valence-electron chi connectivity index (χ3n) is 11.5. The Kier molecular flexibility index (Phi) is 48.1. The first-order chi connectivity index (χ1) is 29.5. The van der Waals surface area contributed by atoms with E-state index >= 15 is 0 Å². The molecule has 0 radical (unpaired) electrons. The van der Waals surface area contributed by atoms with Gasteiger partial charge in [0.15, 0.2) is 5.96 Å². The number of hydrogen-bond acceptors (Lipinski definition) is 6. The Bertz CT molecular complexity index is 872. The van der Waals surface area contributed by atoms with Crippen molar-refractivity contribution in [3.8, 4) is 0 Å². The first-order valence-electron chi connectivity index (χ1n) is 25.8. The van der Waals surface area contributed by atoms with Crippen LogP contribution in [0.2, 0.25) is 0 Å². The quantitative estimate of drug-likeness (QED) is 0.0179. The molecule has 0 atom stereocenters. The average molecular weight is 846 g/mol. The van der Waals surface area contributed by atoms with Gasteiger partial charge >= 0.3 is 0 Å². The Hall–Kier alpha value is -1.94. The number of nitrogens with two attached hydrogens (primary N) is 1. The number of rotatable bonds is 49. The van der Waals surface area contributed by atoms with Crippen LogP contribution in [0.5, 0.6) is 0 Å². The number of guanidine groups is 1. The molecule has 6 N–H and O–H groups in total. The molecule has 0 saturated heterocycles. The van der Waals surface area contributed by atoms with Gasteiger partial charge in [0.1, 0.15) is 0 Å². The molecule has 0 aromatic rings. The van der Waals surface area contributed by atoms with E-state index in [1.165, 1.54) is 180 Å². The molecule has 0 rings (SSSR count). The average Bonchev–Trinajstić information content (AvgIpc) is 3.23. The van der Waals surface area contributed by atoms with Crippen LogP contribution in [0.3, 0.4) is 0 Å². The highest BCUT2D eigenvalue weighted by Crippen LogP contribution is 2.12. The molecule has 0 fully saturated rings. The van der Waals surface area contributed by atoms with E-state index in [9.17, 15) is 0 Å².